The number of carbonyl (C=O) groups excluding carboxylic acids is 1. The van der Waals surface area contributed by atoms with Crippen molar-refractivity contribution >= 4 is 11.6 Å². The first-order chi connectivity index (χ1) is 10.1. The maximum Gasteiger partial charge on any atom is 0.261 e. The molecule has 2 rings (SSSR count). The van der Waals surface area contributed by atoms with Crippen molar-refractivity contribution in [2.24, 2.45) is 0 Å². The molecule has 1 aromatic heterocycles. The zero-order valence-electron chi connectivity index (χ0n) is 11.4. The van der Waals surface area contributed by atoms with Crippen LogP contribution >= 0.6 is 0 Å². The van der Waals surface area contributed by atoms with Gasteiger partial charge in [0, 0.05) is 24.0 Å². The molecular formula is C16H14N2O3. The highest BCUT2D eigenvalue weighted by molar-refractivity contribution is 6.04. The molecule has 2 aromatic rings. The quantitative estimate of drug-likeness (QED) is 0.726. The van der Waals surface area contributed by atoms with Crippen LogP contribution in [0.1, 0.15) is 21.5 Å². The Labute approximate surface area is 121 Å². The molecule has 0 bridgehead atoms. The highest BCUT2D eigenvalue weighted by Gasteiger charge is 2.11. The molecule has 3 N–H and O–H groups in total. The summed E-state index contributed by atoms with van der Waals surface area (Å²) in [5.41, 5.74) is 1.70. The fraction of sp³-hybridized carbons (Fsp3) is 0.125. The molecule has 0 aliphatic heterocycles. The molecule has 0 radical (unpaired) electrons. The van der Waals surface area contributed by atoms with Crippen molar-refractivity contribution in [3.05, 3.63) is 63.6 Å². The summed E-state index contributed by atoms with van der Waals surface area (Å²) in [6, 6.07) is 6.66. The lowest BCUT2D eigenvalue weighted by molar-refractivity contribution is 0.102. The highest BCUT2D eigenvalue weighted by atomic mass is 16.2. The number of H-pyrrole nitrogens is 1. The third-order valence-corrected chi connectivity index (χ3v) is 2.79. The zero-order valence-corrected chi connectivity index (χ0v) is 11.4. The molecule has 5 nitrogen and oxygen atoms in total. The van der Waals surface area contributed by atoms with Crippen LogP contribution in [0.4, 0.5) is 5.69 Å². The standard InChI is InChI=1S/C16H14N2O3/c1-11-4-5-12(3-2-8-19)14(9-11)18-16(21)13-10-17-7-6-15(13)20/h4-7,9-10,19H,8H2,1H3,(H,17,20)(H,18,21). The lowest BCUT2D eigenvalue weighted by atomic mass is 10.1. The smallest absolute Gasteiger partial charge is 0.261 e. The van der Waals surface area contributed by atoms with Crippen molar-refractivity contribution in [1.82, 2.24) is 4.98 Å². The van der Waals surface area contributed by atoms with Crippen LogP contribution in [0.5, 0.6) is 0 Å². The first kappa shape index (κ1) is 14.6. The van der Waals surface area contributed by atoms with Gasteiger partial charge >= 0.3 is 0 Å². The van der Waals surface area contributed by atoms with Gasteiger partial charge in [-0.3, -0.25) is 9.59 Å². The van der Waals surface area contributed by atoms with Gasteiger partial charge in [0.1, 0.15) is 12.2 Å². The number of aromatic nitrogens is 1. The van der Waals surface area contributed by atoms with Crippen molar-refractivity contribution in [3.63, 3.8) is 0 Å². The third-order valence-electron chi connectivity index (χ3n) is 2.79. The van der Waals surface area contributed by atoms with Crippen molar-refractivity contribution in [2.75, 3.05) is 11.9 Å². The van der Waals surface area contributed by atoms with E-state index in [0.29, 0.717) is 11.3 Å². The van der Waals surface area contributed by atoms with Crippen LogP contribution in [-0.4, -0.2) is 22.6 Å². The van der Waals surface area contributed by atoms with Crippen LogP contribution in [0.15, 0.2) is 41.5 Å². The second-order valence-electron chi connectivity index (χ2n) is 4.39. The molecule has 0 saturated heterocycles. The molecular weight excluding hydrogens is 268 g/mol. The minimum Gasteiger partial charge on any atom is -0.384 e. The average Bonchev–Trinajstić information content (AvgIpc) is 2.47. The van der Waals surface area contributed by atoms with E-state index in [1.165, 1.54) is 18.5 Å². The van der Waals surface area contributed by atoms with E-state index < -0.39 is 5.91 Å². The van der Waals surface area contributed by atoms with Crippen LogP contribution in [0.2, 0.25) is 0 Å². The summed E-state index contributed by atoms with van der Waals surface area (Å²) in [6.07, 6.45) is 2.82. The fourth-order valence-electron chi connectivity index (χ4n) is 1.79. The average molecular weight is 282 g/mol. The van der Waals surface area contributed by atoms with Gasteiger partial charge in [-0.2, -0.15) is 0 Å². The second-order valence-corrected chi connectivity index (χ2v) is 4.39. The normalized spacial score (nSPS) is 9.62. The number of benzene rings is 1. The summed E-state index contributed by atoms with van der Waals surface area (Å²) >= 11 is 0. The van der Waals surface area contributed by atoms with Crippen molar-refractivity contribution in [3.8, 4) is 11.8 Å². The van der Waals surface area contributed by atoms with E-state index >= 15 is 0 Å². The van der Waals surface area contributed by atoms with Crippen LogP contribution in [0, 0.1) is 18.8 Å². The van der Waals surface area contributed by atoms with Gasteiger partial charge in [0.15, 0.2) is 5.43 Å². The molecule has 0 atom stereocenters. The van der Waals surface area contributed by atoms with Gasteiger partial charge in [-0.05, 0) is 24.6 Å². The monoisotopic (exact) mass is 282 g/mol. The number of anilines is 1. The first-order valence-electron chi connectivity index (χ1n) is 6.30. The number of hydrogen-bond donors (Lipinski definition) is 3. The van der Waals surface area contributed by atoms with Crippen molar-refractivity contribution < 1.29 is 9.90 Å². The van der Waals surface area contributed by atoms with Crippen LogP contribution in [0.25, 0.3) is 0 Å². The van der Waals surface area contributed by atoms with Gasteiger partial charge in [0.25, 0.3) is 5.91 Å². The Morgan fingerprint density at radius 2 is 2.19 bits per heavy atom. The third kappa shape index (κ3) is 3.59. The zero-order chi connectivity index (χ0) is 15.2. The molecule has 1 heterocycles. The van der Waals surface area contributed by atoms with E-state index in [-0.39, 0.29) is 17.6 Å². The minimum absolute atomic E-state index is 0.0278. The predicted molar refractivity (Wildman–Crippen MR) is 80.2 cm³/mol. The Morgan fingerprint density at radius 3 is 2.90 bits per heavy atom. The number of nitrogens with one attached hydrogen (secondary N) is 2. The molecule has 21 heavy (non-hydrogen) atoms. The molecule has 0 unspecified atom stereocenters. The predicted octanol–water partition coefficient (Wildman–Crippen LogP) is 1.28. The maximum atomic E-state index is 12.1. The van der Waals surface area contributed by atoms with E-state index in [0.717, 1.165) is 5.56 Å². The van der Waals surface area contributed by atoms with Gasteiger partial charge < -0.3 is 15.4 Å². The number of amides is 1. The molecule has 0 aliphatic carbocycles. The molecule has 0 spiro atoms. The summed E-state index contributed by atoms with van der Waals surface area (Å²) in [5.74, 6) is 4.79. The Balaban J connectivity index is 2.35. The minimum atomic E-state index is -0.505. The molecule has 106 valence electrons. The molecule has 0 fully saturated rings. The second kappa shape index (κ2) is 6.55. The number of aromatic amines is 1. The van der Waals surface area contributed by atoms with Crippen LogP contribution in [0.3, 0.4) is 0 Å². The SMILES string of the molecule is Cc1ccc(C#CCO)c(NC(=O)c2c[nH]ccc2=O)c1. The lowest BCUT2D eigenvalue weighted by Gasteiger charge is -2.08. The summed E-state index contributed by atoms with van der Waals surface area (Å²) in [7, 11) is 0. The molecule has 0 aliphatic rings. The topological polar surface area (TPSA) is 82.2 Å². The summed E-state index contributed by atoms with van der Waals surface area (Å²) < 4.78 is 0. The molecule has 1 aromatic carbocycles. The number of aryl methyl sites for hydroxylation is 1. The number of carbonyl (C=O) groups is 1. The maximum absolute atomic E-state index is 12.1. The Kier molecular flexibility index (Phi) is 4.54. The Bertz CT molecular complexity index is 782. The van der Waals surface area contributed by atoms with Gasteiger partial charge in [0.05, 0.1) is 5.69 Å². The summed E-state index contributed by atoms with van der Waals surface area (Å²) in [6.45, 7) is 1.62. The van der Waals surface area contributed by atoms with Crippen LogP contribution < -0.4 is 10.7 Å². The molecule has 1 amide bonds. The van der Waals surface area contributed by atoms with E-state index in [1.807, 2.05) is 13.0 Å². The van der Waals surface area contributed by atoms with Gasteiger partial charge in [-0.25, -0.2) is 0 Å². The molecule has 0 saturated carbocycles. The van der Waals surface area contributed by atoms with Crippen LogP contribution in [-0.2, 0) is 0 Å². The lowest BCUT2D eigenvalue weighted by Crippen LogP contribution is -2.21. The van der Waals surface area contributed by atoms with Crippen molar-refractivity contribution in [2.45, 2.75) is 6.92 Å². The fourth-order valence-corrected chi connectivity index (χ4v) is 1.79. The first-order valence-corrected chi connectivity index (χ1v) is 6.30. The number of pyridine rings is 1. The molecule has 5 heteroatoms. The van der Waals surface area contributed by atoms with Crippen molar-refractivity contribution in [1.29, 1.82) is 0 Å². The summed E-state index contributed by atoms with van der Waals surface area (Å²) in [5, 5.41) is 11.4. The van der Waals surface area contributed by atoms with E-state index in [2.05, 4.69) is 22.1 Å². The summed E-state index contributed by atoms with van der Waals surface area (Å²) in [4.78, 5) is 26.5. The van der Waals surface area contributed by atoms with Gasteiger partial charge in [-0.1, -0.05) is 17.9 Å². The number of aliphatic hydroxyl groups is 1. The Hall–Kier alpha value is -2.84. The Morgan fingerprint density at radius 1 is 1.38 bits per heavy atom. The number of rotatable bonds is 2. The van der Waals surface area contributed by atoms with Gasteiger partial charge in [-0.15, -0.1) is 0 Å². The largest absolute Gasteiger partial charge is 0.384 e. The van der Waals surface area contributed by atoms with E-state index in [1.54, 1.807) is 12.1 Å². The van der Waals surface area contributed by atoms with E-state index in [9.17, 15) is 9.59 Å². The van der Waals surface area contributed by atoms with Gasteiger partial charge in [0.2, 0.25) is 0 Å². The number of aliphatic hydroxyl groups excluding tert-OH is 1. The van der Waals surface area contributed by atoms with E-state index in [4.69, 9.17) is 5.11 Å². The highest BCUT2D eigenvalue weighted by Crippen LogP contribution is 2.17. The number of hydrogen-bond acceptors (Lipinski definition) is 3.